The van der Waals surface area contributed by atoms with Gasteiger partial charge in [-0.05, 0) is 0 Å². The van der Waals surface area contributed by atoms with E-state index in [4.69, 9.17) is 0 Å². The van der Waals surface area contributed by atoms with Gasteiger partial charge in [0.1, 0.15) is 0 Å². The molecule has 0 nitrogen and oxygen atoms in total. The van der Waals surface area contributed by atoms with Crippen LogP contribution in [0.1, 0.15) is 11.1 Å². The van der Waals surface area contributed by atoms with Crippen LogP contribution in [-0.4, -0.2) is 0 Å². The summed E-state index contributed by atoms with van der Waals surface area (Å²) in [4.78, 5) is 0. The second kappa shape index (κ2) is 4.13. The van der Waals surface area contributed by atoms with E-state index in [9.17, 15) is 0 Å². The van der Waals surface area contributed by atoms with Crippen LogP contribution in [0, 0.1) is 27.3 Å². The number of hydrogen-bond acceptors (Lipinski definition) is 0. The van der Waals surface area contributed by atoms with Crippen LogP contribution in [0.25, 0.3) is 0 Å². The molecule has 0 saturated carbocycles. The standard InChI is InChI=1S/C8H9.CH3.Lr/c1-7-3-5-8(2)6-4-7;;/h3-5H,1-2H3;1H3;/q2*-1;. The van der Waals surface area contributed by atoms with Crippen molar-refractivity contribution >= 4 is 0 Å². The van der Waals surface area contributed by atoms with Gasteiger partial charge >= 0.3 is 0 Å². The Kier molecular flexibility index (Phi) is 4.58. The monoisotopic (exact) mass is 382 g/mol. The molecule has 10 heavy (non-hydrogen) atoms. The van der Waals surface area contributed by atoms with Crippen molar-refractivity contribution in [2.45, 2.75) is 13.8 Å². The first-order valence-electron chi connectivity index (χ1n) is 2.74. The van der Waals surface area contributed by atoms with E-state index in [1.807, 2.05) is 13.0 Å². The van der Waals surface area contributed by atoms with E-state index >= 15 is 0 Å². The smallest absolute Gasteiger partial charge is 0 e. The Labute approximate surface area is 57.5 Å². The van der Waals surface area contributed by atoms with Gasteiger partial charge in [0.25, 0.3) is 0 Å². The molecule has 0 heterocycles. The first-order chi connectivity index (χ1) is 3.79. The van der Waals surface area contributed by atoms with Crippen LogP contribution in [0.3, 0.4) is 0 Å². The normalized spacial score (nSPS) is 7.40. The first kappa shape index (κ1) is 11.1. The van der Waals surface area contributed by atoms with Crippen molar-refractivity contribution in [3.8, 4) is 0 Å². The Morgan fingerprint density at radius 2 is 1.80 bits per heavy atom. The van der Waals surface area contributed by atoms with E-state index in [-0.39, 0.29) is 7.43 Å². The molecule has 1 aromatic carbocycles. The number of rotatable bonds is 0. The average molecular weight is 382 g/mol. The number of hydrogen-bond donors (Lipinski definition) is 0. The summed E-state index contributed by atoms with van der Waals surface area (Å²) in [5.74, 6) is 0. The van der Waals surface area contributed by atoms with Crippen molar-refractivity contribution in [2.75, 3.05) is 0 Å². The van der Waals surface area contributed by atoms with Gasteiger partial charge in [0.05, 0.1) is 0 Å². The molecule has 0 unspecified atom stereocenters. The zero-order chi connectivity index (χ0) is 5.98. The fraction of sp³-hybridized carbons (Fsp3) is 0.222. The molecule has 0 bridgehead atoms. The maximum Gasteiger partial charge on any atom is 0 e. The number of benzene rings is 1. The molecule has 0 spiro atoms. The SMILES string of the molecule is Cc1[c-]cc(C)cc1.[CH3-].[Lr]. The van der Waals surface area contributed by atoms with Crippen LogP contribution in [0.15, 0.2) is 18.2 Å². The minimum Gasteiger partial charge on any atom is -0.358 e. The molecule has 0 amide bonds. The van der Waals surface area contributed by atoms with Crippen molar-refractivity contribution in [1.82, 2.24) is 0 Å². The van der Waals surface area contributed by atoms with Crippen LogP contribution in [0.2, 0.25) is 0 Å². The summed E-state index contributed by atoms with van der Waals surface area (Å²) in [6, 6.07) is 9.25. The fourth-order valence-electron chi connectivity index (χ4n) is 0.580. The van der Waals surface area contributed by atoms with E-state index in [1.54, 1.807) is 0 Å². The third-order valence-corrected chi connectivity index (χ3v) is 1.12. The van der Waals surface area contributed by atoms with Gasteiger partial charge in [-0.15, -0.1) is 0 Å². The molecule has 0 saturated heterocycles. The zero-order valence-corrected chi connectivity index (χ0v) is 8.64. The Bertz CT molecular complexity index is 144. The van der Waals surface area contributed by atoms with Gasteiger partial charge in [0.2, 0.25) is 0 Å². The minimum absolute atomic E-state index is 0. The minimum atomic E-state index is 0. The largest absolute Gasteiger partial charge is 0.358 e. The van der Waals surface area contributed by atoms with E-state index in [2.05, 4.69) is 25.1 Å². The second-order valence-corrected chi connectivity index (χ2v) is 2.05. The average Bonchev–Trinajstić information content (AvgIpc) is 1.77. The summed E-state index contributed by atoms with van der Waals surface area (Å²) in [6.45, 7) is 4.11. The van der Waals surface area contributed by atoms with Crippen molar-refractivity contribution in [3.63, 3.8) is 0 Å². The molecular weight excluding hydrogens is 370 g/mol. The fourth-order valence-corrected chi connectivity index (χ4v) is 0.580. The van der Waals surface area contributed by atoms with Crippen LogP contribution >= 0.6 is 0 Å². The molecular formula is C9H12Lr-2. The molecule has 1 aromatic rings. The van der Waals surface area contributed by atoms with Gasteiger partial charge in [-0.1, -0.05) is 13.8 Å². The quantitative estimate of drug-likeness (QED) is 0.606. The zero-order valence-electron chi connectivity index (χ0n) is 6.49. The summed E-state index contributed by atoms with van der Waals surface area (Å²) in [7, 11) is 0. The Morgan fingerprint density at radius 1 is 1.20 bits per heavy atom. The molecule has 0 aliphatic carbocycles. The number of aryl methyl sites for hydroxylation is 2. The van der Waals surface area contributed by atoms with Gasteiger partial charge in [0.15, 0.2) is 0 Å². The first-order valence-corrected chi connectivity index (χ1v) is 2.74. The second-order valence-electron chi connectivity index (χ2n) is 2.05. The predicted molar refractivity (Wildman–Crippen MR) is 41.2 cm³/mol. The van der Waals surface area contributed by atoms with Gasteiger partial charge in [-0.25, -0.2) is 0 Å². The Morgan fingerprint density at radius 3 is 2.10 bits per heavy atom. The molecule has 0 fully saturated rings. The Balaban J connectivity index is 0. The maximum absolute atomic E-state index is 3.10. The third kappa shape index (κ3) is 2.51. The van der Waals surface area contributed by atoms with Crippen LogP contribution < -0.4 is 0 Å². The van der Waals surface area contributed by atoms with E-state index in [0.717, 1.165) is 0 Å². The van der Waals surface area contributed by atoms with E-state index in [0.29, 0.717) is 0 Å². The predicted octanol–water partition coefficient (Wildman–Crippen LogP) is 2.55. The van der Waals surface area contributed by atoms with Gasteiger partial charge in [-0.3, -0.25) is 0 Å². The molecule has 0 aliphatic rings. The summed E-state index contributed by atoms with van der Waals surface area (Å²) in [6.07, 6.45) is 0. The van der Waals surface area contributed by atoms with Crippen LogP contribution in [0.5, 0.6) is 0 Å². The van der Waals surface area contributed by atoms with Crippen molar-refractivity contribution in [3.05, 3.63) is 42.8 Å². The molecule has 0 aliphatic heterocycles. The molecule has 1 heteroatoms. The topological polar surface area (TPSA) is 0 Å². The van der Waals surface area contributed by atoms with Crippen molar-refractivity contribution in [2.24, 2.45) is 0 Å². The van der Waals surface area contributed by atoms with Crippen molar-refractivity contribution in [1.29, 1.82) is 0 Å². The Hall–Kier alpha value is -1.78. The van der Waals surface area contributed by atoms with Gasteiger partial charge in [0, 0.05) is 0 Å². The van der Waals surface area contributed by atoms with Crippen molar-refractivity contribution < 1.29 is 0 Å². The summed E-state index contributed by atoms with van der Waals surface area (Å²) < 4.78 is 0. The molecule has 0 atom stereocenters. The molecule has 1 rings (SSSR count). The summed E-state index contributed by atoms with van der Waals surface area (Å²) in [5, 5.41) is 0. The molecule has 65 valence electrons. The maximum atomic E-state index is 3.10. The van der Waals surface area contributed by atoms with Gasteiger partial charge < -0.3 is 7.43 Å². The molecule has 0 aromatic heterocycles. The third-order valence-electron chi connectivity index (χ3n) is 1.12. The molecule has 0 N–H and O–H groups in total. The van der Waals surface area contributed by atoms with Crippen LogP contribution in [0.4, 0.5) is 0 Å². The van der Waals surface area contributed by atoms with E-state index < -0.39 is 0 Å². The molecule has 1 radical (unpaired) electrons. The van der Waals surface area contributed by atoms with Gasteiger partial charge in [-0.2, -0.15) is 35.4 Å². The van der Waals surface area contributed by atoms with Crippen LogP contribution in [-0.2, 0) is 0 Å². The summed E-state index contributed by atoms with van der Waals surface area (Å²) >= 11 is 0. The van der Waals surface area contributed by atoms with E-state index in [1.165, 1.54) is 11.1 Å². The summed E-state index contributed by atoms with van der Waals surface area (Å²) in [5.41, 5.74) is 2.48.